The smallest absolute Gasteiger partial charge is 0.0671 e. The third-order valence-electron chi connectivity index (χ3n) is 2.66. The molecule has 0 aromatic heterocycles. The van der Waals surface area contributed by atoms with Crippen molar-refractivity contribution >= 4 is 0 Å². The van der Waals surface area contributed by atoms with Crippen LogP contribution in [0.1, 0.15) is 26.7 Å². The molecule has 1 aliphatic rings. The van der Waals surface area contributed by atoms with Gasteiger partial charge in [-0.1, -0.05) is 0 Å². The zero-order chi connectivity index (χ0) is 10.2. The molecule has 1 rings (SSSR count). The number of nitrogens with one attached hydrogen (secondary N) is 1. The average molecular weight is 201 g/mol. The van der Waals surface area contributed by atoms with Gasteiger partial charge in [-0.2, -0.15) is 0 Å². The Hall–Kier alpha value is -0.120. The van der Waals surface area contributed by atoms with E-state index in [4.69, 9.17) is 9.47 Å². The maximum Gasteiger partial charge on any atom is 0.0671 e. The van der Waals surface area contributed by atoms with Gasteiger partial charge in [-0.25, -0.2) is 0 Å². The first-order valence-electron chi connectivity index (χ1n) is 5.73. The second-order valence-electron chi connectivity index (χ2n) is 3.98. The molecule has 1 heterocycles. The highest BCUT2D eigenvalue weighted by Crippen LogP contribution is 2.12. The van der Waals surface area contributed by atoms with Gasteiger partial charge in [-0.05, 0) is 39.2 Å². The van der Waals surface area contributed by atoms with E-state index in [1.807, 2.05) is 6.92 Å². The van der Waals surface area contributed by atoms with E-state index in [0.29, 0.717) is 6.10 Å². The van der Waals surface area contributed by atoms with Crippen molar-refractivity contribution in [3.63, 3.8) is 0 Å². The summed E-state index contributed by atoms with van der Waals surface area (Å²) in [6.07, 6.45) is 2.74. The number of ether oxygens (including phenoxy) is 2. The van der Waals surface area contributed by atoms with E-state index in [9.17, 15) is 0 Å². The topological polar surface area (TPSA) is 30.5 Å². The Balaban J connectivity index is 1.96. The van der Waals surface area contributed by atoms with Crippen molar-refractivity contribution in [1.29, 1.82) is 0 Å². The van der Waals surface area contributed by atoms with Crippen LogP contribution in [0, 0.1) is 5.92 Å². The molecule has 1 aliphatic heterocycles. The normalized spacial score (nSPS) is 21.0. The minimum Gasteiger partial charge on any atom is -0.381 e. The van der Waals surface area contributed by atoms with Gasteiger partial charge in [0.15, 0.2) is 0 Å². The van der Waals surface area contributed by atoms with Gasteiger partial charge >= 0.3 is 0 Å². The molecule has 14 heavy (non-hydrogen) atoms. The van der Waals surface area contributed by atoms with Gasteiger partial charge in [0.25, 0.3) is 0 Å². The second-order valence-corrected chi connectivity index (χ2v) is 3.98. The third kappa shape index (κ3) is 4.94. The summed E-state index contributed by atoms with van der Waals surface area (Å²) in [5.74, 6) is 0.803. The van der Waals surface area contributed by atoms with Crippen molar-refractivity contribution in [2.75, 3.05) is 32.9 Å². The van der Waals surface area contributed by atoms with Crippen LogP contribution in [-0.4, -0.2) is 39.0 Å². The number of hydrogen-bond donors (Lipinski definition) is 1. The Morgan fingerprint density at radius 2 is 2.14 bits per heavy atom. The Morgan fingerprint density at radius 3 is 2.79 bits per heavy atom. The molecule has 84 valence electrons. The van der Waals surface area contributed by atoms with E-state index in [1.54, 1.807) is 0 Å². The predicted molar refractivity (Wildman–Crippen MR) is 57.5 cm³/mol. The van der Waals surface area contributed by atoms with Gasteiger partial charge in [-0.15, -0.1) is 0 Å². The van der Waals surface area contributed by atoms with Crippen LogP contribution in [0.2, 0.25) is 0 Å². The lowest BCUT2D eigenvalue weighted by molar-refractivity contribution is 0.0586. The van der Waals surface area contributed by atoms with E-state index in [0.717, 1.165) is 38.8 Å². The first kappa shape index (κ1) is 12.0. The first-order valence-corrected chi connectivity index (χ1v) is 5.73. The molecule has 0 radical (unpaired) electrons. The molecule has 0 aromatic rings. The third-order valence-corrected chi connectivity index (χ3v) is 2.66. The first-order chi connectivity index (χ1) is 6.83. The molecule has 1 N–H and O–H groups in total. The summed E-state index contributed by atoms with van der Waals surface area (Å²) in [5, 5.41) is 3.46. The van der Waals surface area contributed by atoms with E-state index in [-0.39, 0.29) is 0 Å². The lowest BCUT2D eigenvalue weighted by Crippen LogP contribution is -2.33. The van der Waals surface area contributed by atoms with Crippen LogP contribution in [0.4, 0.5) is 0 Å². The largest absolute Gasteiger partial charge is 0.381 e. The van der Waals surface area contributed by atoms with Gasteiger partial charge < -0.3 is 14.8 Å². The summed E-state index contributed by atoms with van der Waals surface area (Å²) in [6.45, 7) is 8.91. The summed E-state index contributed by atoms with van der Waals surface area (Å²) < 4.78 is 10.8. The van der Waals surface area contributed by atoms with E-state index >= 15 is 0 Å². The van der Waals surface area contributed by atoms with Gasteiger partial charge in [0.05, 0.1) is 6.10 Å². The number of rotatable bonds is 6. The maximum absolute atomic E-state index is 5.44. The minimum absolute atomic E-state index is 0.333. The molecular formula is C11H23NO2. The van der Waals surface area contributed by atoms with Gasteiger partial charge in [-0.3, -0.25) is 0 Å². The Bertz CT molecular complexity index is 135. The summed E-state index contributed by atoms with van der Waals surface area (Å²) in [5.41, 5.74) is 0. The standard InChI is InChI=1S/C11H23NO2/c1-3-14-10(2)8-12-9-11-4-6-13-7-5-11/h10-12H,3-9H2,1-2H3. The lowest BCUT2D eigenvalue weighted by atomic mass is 10.0. The maximum atomic E-state index is 5.44. The van der Waals surface area contributed by atoms with Crippen LogP contribution >= 0.6 is 0 Å². The quantitative estimate of drug-likeness (QED) is 0.705. The monoisotopic (exact) mass is 201 g/mol. The molecule has 0 spiro atoms. The van der Waals surface area contributed by atoms with Crippen LogP contribution in [0.5, 0.6) is 0 Å². The molecule has 0 aliphatic carbocycles. The van der Waals surface area contributed by atoms with Gasteiger partial charge in [0, 0.05) is 26.4 Å². The summed E-state index contributed by atoms with van der Waals surface area (Å²) in [7, 11) is 0. The van der Waals surface area contributed by atoms with Crippen LogP contribution in [0.3, 0.4) is 0 Å². The SMILES string of the molecule is CCOC(C)CNCC1CCOCC1. The van der Waals surface area contributed by atoms with E-state index in [1.165, 1.54) is 12.8 Å². The summed E-state index contributed by atoms with van der Waals surface area (Å²) >= 11 is 0. The highest BCUT2D eigenvalue weighted by molar-refractivity contribution is 4.67. The molecule has 1 fully saturated rings. The van der Waals surface area contributed by atoms with Crippen LogP contribution in [-0.2, 0) is 9.47 Å². The predicted octanol–water partition coefficient (Wildman–Crippen LogP) is 1.43. The van der Waals surface area contributed by atoms with Crippen LogP contribution in [0.25, 0.3) is 0 Å². The fraction of sp³-hybridized carbons (Fsp3) is 1.00. The molecule has 1 saturated heterocycles. The van der Waals surface area contributed by atoms with Crippen molar-refractivity contribution in [2.24, 2.45) is 5.92 Å². The molecule has 0 saturated carbocycles. The Labute approximate surface area is 87.2 Å². The van der Waals surface area contributed by atoms with Crippen LogP contribution in [0.15, 0.2) is 0 Å². The van der Waals surface area contributed by atoms with Crippen molar-refractivity contribution < 1.29 is 9.47 Å². The van der Waals surface area contributed by atoms with Crippen molar-refractivity contribution in [3.05, 3.63) is 0 Å². The minimum atomic E-state index is 0.333. The average Bonchev–Trinajstić information content (AvgIpc) is 2.20. The zero-order valence-electron chi connectivity index (χ0n) is 9.42. The molecule has 0 bridgehead atoms. The molecule has 0 aromatic carbocycles. The van der Waals surface area contributed by atoms with Gasteiger partial charge in [0.1, 0.15) is 0 Å². The fourth-order valence-electron chi connectivity index (χ4n) is 1.78. The van der Waals surface area contributed by atoms with E-state index in [2.05, 4.69) is 12.2 Å². The summed E-state index contributed by atoms with van der Waals surface area (Å²) in [4.78, 5) is 0. The Morgan fingerprint density at radius 1 is 1.43 bits per heavy atom. The summed E-state index contributed by atoms with van der Waals surface area (Å²) in [6, 6.07) is 0. The lowest BCUT2D eigenvalue weighted by Gasteiger charge is -2.23. The van der Waals surface area contributed by atoms with Gasteiger partial charge in [0.2, 0.25) is 0 Å². The fourth-order valence-corrected chi connectivity index (χ4v) is 1.78. The highest BCUT2D eigenvalue weighted by atomic mass is 16.5. The second kappa shape index (κ2) is 7.21. The highest BCUT2D eigenvalue weighted by Gasteiger charge is 2.13. The van der Waals surface area contributed by atoms with Crippen molar-refractivity contribution in [1.82, 2.24) is 5.32 Å². The molecule has 3 heteroatoms. The van der Waals surface area contributed by atoms with Crippen molar-refractivity contribution in [3.8, 4) is 0 Å². The zero-order valence-corrected chi connectivity index (χ0v) is 9.42. The number of hydrogen-bond acceptors (Lipinski definition) is 3. The molecule has 0 amide bonds. The Kier molecular flexibility index (Phi) is 6.15. The molecule has 1 atom stereocenters. The molecule has 1 unspecified atom stereocenters. The molecular weight excluding hydrogens is 178 g/mol. The molecule has 3 nitrogen and oxygen atoms in total. The van der Waals surface area contributed by atoms with Crippen LogP contribution < -0.4 is 5.32 Å². The van der Waals surface area contributed by atoms with Crippen molar-refractivity contribution in [2.45, 2.75) is 32.8 Å². The van der Waals surface area contributed by atoms with E-state index < -0.39 is 0 Å².